The van der Waals surface area contributed by atoms with E-state index in [-0.39, 0.29) is 19.4 Å². The van der Waals surface area contributed by atoms with Crippen molar-refractivity contribution < 1.29 is 34.8 Å². The normalized spacial score (nSPS) is 15.9. The van der Waals surface area contributed by atoms with E-state index >= 15 is 0 Å². The number of aliphatic hydroxyl groups is 4. The summed E-state index contributed by atoms with van der Waals surface area (Å²) in [5.74, 6) is -1.74. The predicted octanol–water partition coefficient (Wildman–Crippen LogP) is -2.93. The molecular weight excluding hydrogens is 508 g/mol. The smallest absolute Gasteiger partial charge is 0.251 e. The van der Waals surface area contributed by atoms with E-state index in [2.05, 4.69) is 45.7 Å². The number of carbonyl (C=O) groups excluding carboxylic acids is 2. The second-order valence-electron chi connectivity index (χ2n) is 9.70. The van der Waals surface area contributed by atoms with Crippen LogP contribution in [0.1, 0.15) is 47.0 Å². The number of aliphatic hydroxyl groups excluding tert-OH is 4. The van der Waals surface area contributed by atoms with Crippen LogP contribution in [0.2, 0.25) is 0 Å². The van der Waals surface area contributed by atoms with Crippen LogP contribution < -0.4 is 31.9 Å². The van der Waals surface area contributed by atoms with Gasteiger partial charge in [0.1, 0.15) is 23.9 Å². The van der Waals surface area contributed by atoms with Crippen LogP contribution in [-0.4, -0.2) is 141 Å². The van der Waals surface area contributed by atoms with Gasteiger partial charge in [-0.15, -0.1) is 0 Å². The van der Waals surface area contributed by atoms with Gasteiger partial charge in [0, 0.05) is 78.6 Å². The second kappa shape index (κ2) is 22.4. The van der Waals surface area contributed by atoms with Crippen molar-refractivity contribution in [2.45, 2.75) is 83.0 Å². The van der Waals surface area contributed by atoms with Crippen molar-refractivity contribution in [3.63, 3.8) is 0 Å². The molecular formula is C26H56N6O7. The number of ketones is 1. The maximum absolute atomic E-state index is 12.6. The molecule has 232 valence electrons. The number of nitrogens with one attached hydrogen (secondary N) is 6. The second-order valence-corrected chi connectivity index (χ2v) is 9.70. The Bertz CT molecular complexity index is 634. The van der Waals surface area contributed by atoms with Gasteiger partial charge in [0.2, 0.25) is 0 Å². The first-order valence-electron chi connectivity index (χ1n) is 14.3. The third kappa shape index (κ3) is 14.8. The molecule has 39 heavy (non-hydrogen) atoms. The topological polar surface area (TPSA) is 196 Å². The van der Waals surface area contributed by atoms with E-state index < -0.39 is 41.7 Å². The van der Waals surface area contributed by atoms with Crippen molar-refractivity contribution in [1.82, 2.24) is 31.9 Å². The monoisotopic (exact) mass is 564 g/mol. The molecule has 0 bridgehead atoms. The van der Waals surface area contributed by atoms with Crippen molar-refractivity contribution >= 4 is 11.7 Å². The fraction of sp³-hybridized carbons (Fsp3) is 0.923. The first kappa shape index (κ1) is 37.7. The third-order valence-corrected chi connectivity index (χ3v) is 6.96. The summed E-state index contributed by atoms with van der Waals surface area (Å²) >= 11 is 0. The average molecular weight is 565 g/mol. The van der Waals surface area contributed by atoms with Gasteiger partial charge in [0.15, 0.2) is 11.9 Å². The van der Waals surface area contributed by atoms with Crippen molar-refractivity contribution in [2.75, 3.05) is 72.6 Å². The van der Waals surface area contributed by atoms with Crippen molar-refractivity contribution in [3.05, 3.63) is 0 Å². The van der Waals surface area contributed by atoms with Gasteiger partial charge < -0.3 is 57.1 Å². The molecule has 0 saturated carbocycles. The maximum Gasteiger partial charge on any atom is 0.251 e. The molecule has 0 radical (unpaired) electrons. The summed E-state index contributed by atoms with van der Waals surface area (Å²) in [6, 6.07) is 0.556. The van der Waals surface area contributed by atoms with Gasteiger partial charge in [0.05, 0.1) is 0 Å². The molecule has 1 amide bonds. The Morgan fingerprint density at radius 3 is 1.51 bits per heavy atom. The van der Waals surface area contributed by atoms with E-state index in [1.54, 1.807) is 13.8 Å². The highest BCUT2D eigenvalue weighted by Gasteiger charge is 2.45. The molecule has 1 unspecified atom stereocenters. The van der Waals surface area contributed by atoms with E-state index in [0.717, 1.165) is 52.2 Å². The van der Waals surface area contributed by atoms with Crippen LogP contribution in [0.5, 0.6) is 0 Å². The summed E-state index contributed by atoms with van der Waals surface area (Å²) in [6.45, 7) is 15.2. The van der Waals surface area contributed by atoms with E-state index in [4.69, 9.17) is 4.74 Å². The Kier molecular flexibility index (Phi) is 21.7. The molecule has 10 N–H and O–H groups in total. The molecule has 0 aliphatic rings. The molecule has 0 spiro atoms. The van der Waals surface area contributed by atoms with Gasteiger partial charge in [0.25, 0.3) is 5.91 Å². The van der Waals surface area contributed by atoms with Crippen LogP contribution in [-0.2, 0) is 14.3 Å². The quantitative estimate of drug-likeness (QED) is 0.0481. The van der Waals surface area contributed by atoms with Crippen molar-refractivity contribution in [3.8, 4) is 0 Å². The Morgan fingerprint density at radius 1 is 0.692 bits per heavy atom. The maximum atomic E-state index is 12.6. The minimum absolute atomic E-state index is 0.181. The first-order chi connectivity index (χ1) is 18.6. The number of amides is 1. The molecule has 0 fully saturated rings. The standard InChI is InChI=1S/C26H56N6O7/c1-6-19(4)31-17-15-29-13-11-27-9-10-28-12-14-30-16-18-32-25(38)23(36)21(34)20(33)22(35)24(37)26(7-2,8-3)39-5/h19-23,27-31,33-36H,6-18H2,1-5H3,(H,32,38)/t19?,20-,21-,22-,23+/m0/s1. The minimum Gasteiger partial charge on any atom is -0.387 e. The van der Waals surface area contributed by atoms with E-state index in [9.17, 15) is 30.0 Å². The lowest BCUT2D eigenvalue weighted by molar-refractivity contribution is -0.168. The van der Waals surface area contributed by atoms with Gasteiger partial charge >= 0.3 is 0 Å². The van der Waals surface area contributed by atoms with Gasteiger partial charge in [-0.25, -0.2) is 0 Å². The predicted molar refractivity (Wildman–Crippen MR) is 152 cm³/mol. The average Bonchev–Trinajstić information content (AvgIpc) is 2.95. The lowest BCUT2D eigenvalue weighted by Crippen LogP contribution is -2.57. The molecule has 0 heterocycles. The number of carbonyl (C=O) groups is 2. The van der Waals surface area contributed by atoms with Crippen molar-refractivity contribution in [1.29, 1.82) is 0 Å². The SMILES string of the molecule is CCC(C)NCCNCCNCCNCCNCCNC(=O)[C@H](O)[C@@H](O)[C@H](O)[C@H](O)C(=O)C(CC)(CC)OC. The number of Topliss-reactive ketones (excluding diaryl/α,β-unsaturated/α-hetero) is 1. The lowest BCUT2D eigenvalue weighted by Gasteiger charge is -2.33. The van der Waals surface area contributed by atoms with E-state index in [0.29, 0.717) is 19.1 Å². The van der Waals surface area contributed by atoms with Crippen LogP contribution in [0.25, 0.3) is 0 Å². The molecule has 5 atom stereocenters. The van der Waals surface area contributed by atoms with Crippen LogP contribution >= 0.6 is 0 Å². The first-order valence-corrected chi connectivity index (χ1v) is 14.3. The molecule has 0 aliphatic carbocycles. The molecule has 0 aliphatic heterocycles. The molecule has 0 aromatic heterocycles. The van der Waals surface area contributed by atoms with Crippen LogP contribution in [0.15, 0.2) is 0 Å². The van der Waals surface area contributed by atoms with Crippen LogP contribution in [0, 0.1) is 0 Å². The summed E-state index contributed by atoms with van der Waals surface area (Å²) in [4.78, 5) is 24.7. The highest BCUT2D eigenvalue weighted by Crippen LogP contribution is 2.24. The van der Waals surface area contributed by atoms with Gasteiger partial charge in [-0.2, -0.15) is 0 Å². The molecule has 0 saturated heterocycles. The third-order valence-electron chi connectivity index (χ3n) is 6.96. The fourth-order valence-corrected chi connectivity index (χ4v) is 3.90. The molecule has 13 nitrogen and oxygen atoms in total. The minimum atomic E-state index is -2.06. The Hall–Kier alpha value is -1.26. The van der Waals surface area contributed by atoms with Gasteiger partial charge in [-0.1, -0.05) is 20.8 Å². The lowest BCUT2D eigenvalue weighted by atomic mass is 9.85. The zero-order chi connectivity index (χ0) is 29.7. The summed E-state index contributed by atoms with van der Waals surface area (Å²) in [5.41, 5.74) is -1.33. The van der Waals surface area contributed by atoms with Gasteiger partial charge in [-0.3, -0.25) is 9.59 Å². The number of ether oxygens (including phenoxy) is 1. The molecule has 0 aromatic carbocycles. The molecule has 13 heteroatoms. The van der Waals surface area contributed by atoms with Gasteiger partial charge in [-0.05, 0) is 26.2 Å². The number of methoxy groups -OCH3 is 1. The highest BCUT2D eigenvalue weighted by molar-refractivity contribution is 5.91. The summed E-state index contributed by atoms with van der Waals surface area (Å²) in [5, 5.41) is 59.8. The summed E-state index contributed by atoms with van der Waals surface area (Å²) in [6.07, 6.45) is -6.53. The Morgan fingerprint density at radius 2 is 1.10 bits per heavy atom. The Labute approximate surface area is 234 Å². The summed E-state index contributed by atoms with van der Waals surface area (Å²) < 4.78 is 5.24. The van der Waals surface area contributed by atoms with Crippen LogP contribution in [0.4, 0.5) is 0 Å². The molecule has 0 aromatic rings. The summed E-state index contributed by atoms with van der Waals surface area (Å²) in [7, 11) is 1.32. The number of hydrogen-bond donors (Lipinski definition) is 10. The van der Waals surface area contributed by atoms with Crippen molar-refractivity contribution in [2.24, 2.45) is 0 Å². The highest BCUT2D eigenvalue weighted by atomic mass is 16.5. The van der Waals surface area contributed by atoms with E-state index in [1.807, 2.05) is 0 Å². The Balaban J connectivity index is 3.92. The van der Waals surface area contributed by atoms with Crippen LogP contribution in [0.3, 0.4) is 0 Å². The largest absolute Gasteiger partial charge is 0.387 e. The fourth-order valence-electron chi connectivity index (χ4n) is 3.90. The zero-order valence-corrected chi connectivity index (χ0v) is 24.6. The zero-order valence-electron chi connectivity index (χ0n) is 24.6. The number of rotatable bonds is 26. The van der Waals surface area contributed by atoms with E-state index in [1.165, 1.54) is 7.11 Å². The number of hydrogen-bond acceptors (Lipinski definition) is 12. The molecule has 0 rings (SSSR count).